The predicted octanol–water partition coefficient (Wildman–Crippen LogP) is 1.92. The van der Waals surface area contributed by atoms with E-state index in [-0.39, 0.29) is 17.0 Å². The third-order valence-corrected chi connectivity index (χ3v) is 1.93. The minimum Gasteiger partial charge on any atom is -0.320 e. The number of nitriles is 1. The highest BCUT2D eigenvalue weighted by Crippen LogP contribution is 2.21. The minimum absolute atomic E-state index is 0.0674. The van der Waals surface area contributed by atoms with Crippen molar-refractivity contribution in [3.63, 3.8) is 0 Å². The van der Waals surface area contributed by atoms with E-state index in [9.17, 15) is 13.6 Å². The average molecular weight is 219 g/mol. The Kier molecular flexibility index (Phi) is 3.20. The number of pyridine rings is 1. The number of nitrogens with zero attached hydrogens (tertiary/aromatic N) is 1. The van der Waals surface area contributed by atoms with Gasteiger partial charge in [-0.1, -0.05) is 0 Å². The zero-order chi connectivity index (χ0) is 10.7. The molecule has 1 heterocycles. The van der Waals surface area contributed by atoms with Crippen molar-refractivity contribution < 1.29 is 8.78 Å². The van der Waals surface area contributed by atoms with Gasteiger partial charge in [-0.05, 0) is 11.6 Å². The van der Waals surface area contributed by atoms with Crippen molar-refractivity contribution in [2.24, 2.45) is 0 Å². The van der Waals surface area contributed by atoms with Crippen LogP contribution in [0.15, 0.2) is 10.9 Å². The molecule has 14 heavy (non-hydrogen) atoms. The van der Waals surface area contributed by atoms with Crippen molar-refractivity contribution in [3.05, 3.63) is 33.2 Å². The van der Waals surface area contributed by atoms with Crippen molar-refractivity contribution >= 4 is 11.6 Å². The summed E-state index contributed by atoms with van der Waals surface area (Å²) in [6.07, 6.45) is -2.80. The van der Waals surface area contributed by atoms with Crippen LogP contribution in [0.4, 0.5) is 8.78 Å². The van der Waals surface area contributed by atoms with E-state index in [1.807, 2.05) is 4.98 Å². The summed E-state index contributed by atoms with van der Waals surface area (Å²) in [4.78, 5) is 12.9. The van der Waals surface area contributed by atoms with Crippen LogP contribution in [0.1, 0.15) is 23.2 Å². The first kappa shape index (κ1) is 10.7. The maximum atomic E-state index is 12.3. The summed E-state index contributed by atoms with van der Waals surface area (Å²) in [7, 11) is 0. The van der Waals surface area contributed by atoms with Crippen molar-refractivity contribution in [1.82, 2.24) is 4.98 Å². The first-order valence-electron chi connectivity index (χ1n) is 3.60. The van der Waals surface area contributed by atoms with Gasteiger partial charge in [0, 0.05) is 5.88 Å². The van der Waals surface area contributed by atoms with E-state index in [0.717, 1.165) is 6.07 Å². The summed E-state index contributed by atoms with van der Waals surface area (Å²) in [6, 6.07) is 2.67. The van der Waals surface area contributed by atoms with Gasteiger partial charge in [-0.15, -0.1) is 11.6 Å². The van der Waals surface area contributed by atoms with Gasteiger partial charge in [0.1, 0.15) is 11.6 Å². The fourth-order valence-corrected chi connectivity index (χ4v) is 1.20. The van der Waals surface area contributed by atoms with E-state index in [1.165, 1.54) is 0 Å². The first-order valence-corrected chi connectivity index (χ1v) is 4.14. The Bertz CT molecular complexity index is 436. The Morgan fingerprint density at radius 1 is 1.64 bits per heavy atom. The molecule has 0 saturated carbocycles. The van der Waals surface area contributed by atoms with Gasteiger partial charge in [0.25, 0.3) is 12.0 Å². The molecule has 0 amide bonds. The largest absolute Gasteiger partial charge is 0.320 e. The van der Waals surface area contributed by atoms with E-state index in [2.05, 4.69) is 0 Å². The SMILES string of the molecule is N#Cc1cc(CCl)c(C(F)F)[nH]c1=O. The van der Waals surface area contributed by atoms with Crippen molar-refractivity contribution in [2.75, 3.05) is 0 Å². The molecule has 0 saturated heterocycles. The maximum Gasteiger partial charge on any atom is 0.278 e. The second-order valence-electron chi connectivity index (χ2n) is 2.50. The Labute approximate surface area is 82.9 Å². The smallest absolute Gasteiger partial charge is 0.278 e. The van der Waals surface area contributed by atoms with Gasteiger partial charge < -0.3 is 4.98 Å². The number of alkyl halides is 3. The molecule has 0 spiro atoms. The van der Waals surface area contributed by atoms with Gasteiger partial charge in [0.15, 0.2) is 0 Å². The topological polar surface area (TPSA) is 56.6 Å². The van der Waals surface area contributed by atoms with Crippen LogP contribution in [0, 0.1) is 11.3 Å². The van der Waals surface area contributed by atoms with Crippen LogP contribution in [0.25, 0.3) is 0 Å². The van der Waals surface area contributed by atoms with Crippen LogP contribution in [-0.2, 0) is 5.88 Å². The van der Waals surface area contributed by atoms with Gasteiger partial charge in [-0.3, -0.25) is 4.79 Å². The van der Waals surface area contributed by atoms with E-state index in [1.54, 1.807) is 6.07 Å². The van der Waals surface area contributed by atoms with E-state index < -0.39 is 17.7 Å². The Balaban J connectivity index is 3.41. The summed E-state index contributed by atoms with van der Waals surface area (Å²) in [6.45, 7) is 0. The molecule has 1 rings (SSSR count). The summed E-state index contributed by atoms with van der Waals surface area (Å²) in [5, 5.41) is 8.47. The molecule has 0 atom stereocenters. The normalized spacial score (nSPS) is 10.2. The first-order chi connectivity index (χ1) is 6.60. The molecule has 1 aromatic heterocycles. The summed E-state index contributed by atoms with van der Waals surface area (Å²) < 4.78 is 24.6. The molecular weight excluding hydrogens is 214 g/mol. The number of H-pyrrole nitrogens is 1. The number of aromatic nitrogens is 1. The molecule has 0 bridgehead atoms. The van der Waals surface area contributed by atoms with Gasteiger partial charge in [-0.2, -0.15) is 5.26 Å². The van der Waals surface area contributed by atoms with Crippen LogP contribution >= 0.6 is 11.6 Å². The summed E-state index contributed by atoms with van der Waals surface area (Å²) >= 11 is 5.39. The summed E-state index contributed by atoms with van der Waals surface area (Å²) in [5.74, 6) is -0.175. The zero-order valence-electron chi connectivity index (χ0n) is 6.85. The summed E-state index contributed by atoms with van der Waals surface area (Å²) in [5.41, 5.74) is -1.50. The number of rotatable bonds is 2. The highest BCUT2D eigenvalue weighted by molar-refractivity contribution is 6.17. The number of nitrogens with one attached hydrogen (secondary N) is 1. The predicted molar refractivity (Wildman–Crippen MR) is 46.3 cm³/mol. The molecule has 0 aliphatic rings. The minimum atomic E-state index is -2.80. The maximum absolute atomic E-state index is 12.3. The van der Waals surface area contributed by atoms with Crippen LogP contribution < -0.4 is 5.56 Å². The Hall–Kier alpha value is -1.41. The number of aromatic amines is 1. The lowest BCUT2D eigenvalue weighted by Gasteiger charge is -2.05. The fourth-order valence-electron chi connectivity index (χ4n) is 0.976. The highest BCUT2D eigenvalue weighted by Gasteiger charge is 2.15. The molecule has 3 nitrogen and oxygen atoms in total. The second kappa shape index (κ2) is 4.20. The second-order valence-corrected chi connectivity index (χ2v) is 2.76. The van der Waals surface area contributed by atoms with Crippen molar-refractivity contribution in [1.29, 1.82) is 5.26 Å². The molecule has 0 unspecified atom stereocenters. The number of halogens is 3. The van der Waals surface area contributed by atoms with Gasteiger partial charge in [0.2, 0.25) is 0 Å². The van der Waals surface area contributed by atoms with E-state index >= 15 is 0 Å². The lowest BCUT2D eigenvalue weighted by atomic mass is 10.1. The van der Waals surface area contributed by atoms with Crippen LogP contribution in [0.2, 0.25) is 0 Å². The van der Waals surface area contributed by atoms with Crippen LogP contribution in [-0.4, -0.2) is 4.98 Å². The lowest BCUT2D eigenvalue weighted by molar-refractivity contribution is 0.145. The average Bonchev–Trinajstić information content (AvgIpc) is 2.17. The molecule has 0 aromatic carbocycles. The third-order valence-electron chi connectivity index (χ3n) is 1.64. The molecule has 1 N–H and O–H groups in total. The number of hydrogen-bond acceptors (Lipinski definition) is 2. The van der Waals surface area contributed by atoms with Gasteiger partial charge in [0.05, 0.1) is 5.69 Å². The highest BCUT2D eigenvalue weighted by atomic mass is 35.5. The standard InChI is InChI=1S/C8H5ClF2N2O/c9-2-4-1-5(3-12)8(14)13-6(4)7(10)11/h1,7H,2H2,(H,13,14). The molecule has 0 aliphatic carbocycles. The van der Waals surface area contributed by atoms with Crippen LogP contribution in [0.3, 0.4) is 0 Å². The molecule has 1 aromatic rings. The van der Waals surface area contributed by atoms with Crippen molar-refractivity contribution in [2.45, 2.75) is 12.3 Å². The molecular formula is C8H5ClF2N2O. The van der Waals surface area contributed by atoms with Crippen LogP contribution in [0.5, 0.6) is 0 Å². The monoisotopic (exact) mass is 218 g/mol. The number of hydrogen-bond donors (Lipinski definition) is 1. The van der Waals surface area contributed by atoms with E-state index in [0.29, 0.717) is 0 Å². The Morgan fingerprint density at radius 2 is 2.29 bits per heavy atom. The molecule has 74 valence electrons. The third kappa shape index (κ3) is 1.91. The Morgan fingerprint density at radius 3 is 2.71 bits per heavy atom. The molecule has 0 radical (unpaired) electrons. The molecule has 6 heteroatoms. The fraction of sp³-hybridized carbons (Fsp3) is 0.250. The lowest BCUT2D eigenvalue weighted by Crippen LogP contribution is -2.14. The molecule has 0 aliphatic heterocycles. The van der Waals surface area contributed by atoms with Crippen molar-refractivity contribution in [3.8, 4) is 6.07 Å². The van der Waals surface area contributed by atoms with Gasteiger partial charge in [-0.25, -0.2) is 8.78 Å². The molecule has 0 fully saturated rings. The zero-order valence-corrected chi connectivity index (χ0v) is 7.61. The van der Waals surface area contributed by atoms with Gasteiger partial charge >= 0.3 is 0 Å². The van der Waals surface area contributed by atoms with E-state index in [4.69, 9.17) is 16.9 Å². The quantitative estimate of drug-likeness (QED) is 0.771.